The molecule has 8 heavy (non-hydrogen) atoms. The van der Waals surface area contributed by atoms with Crippen LogP contribution in [0.15, 0.2) is 0 Å². The molecule has 0 unspecified atom stereocenters. The minimum absolute atomic E-state index is 0. The van der Waals surface area contributed by atoms with Crippen molar-refractivity contribution in [2.45, 2.75) is 0 Å². The standard InChI is InChI=1S/Al.2F2O.Mg.5H/c;2*1-3-2;;;;;;/q;;;+2;;;;2*-1. The van der Waals surface area contributed by atoms with Crippen molar-refractivity contribution in [2.24, 2.45) is 0 Å². The second-order valence-corrected chi connectivity index (χ2v) is 0.117. The molecule has 0 aliphatic heterocycles. The Labute approximate surface area is 72.0 Å². The van der Waals surface area contributed by atoms with Crippen molar-refractivity contribution in [1.29, 1.82) is 0 Å². The fourth-order valence-corrected chi connectivity index (χ4v) is 0. The van der Waals surface area contributed by atoms with Crippen molar-refractivity contribution in [3.63, 3.8) is 0 Å². The van der Waals surface area contributed by atoms with Crippen molar-refractivity contribution in [3.8, 4) is 0 Å². The first kappa shape index (κ1) is 23.1. The Morgan fingerprint density at radius 2 is 0.875 bits per heavy atom. The summed E-state index contributed by atoms with van der Waals surface area (Å²) in [6.45, 7) is 0. The molecular weight excluding hydrogens is 159 g/mol. The molecule has 0 heterocycles. The van der Waals surface area contributed by atoms with Crippen molar-refractivity contribution in [3.05, 3.63) is 0 Å². The number of halogens is 4. The third kappa shape index (κ3) is 278. The zero-order valence-corrected chi connectivity index (χ0v) is 4.45. The molecule has 0 N–H and O–H groups in total. The monoisotopic (exact) mass is 164 g/mol. The van der Waals surface area contributed by atoms with Gasteiger partial charge in [-0.2, -0.15) is 0 Å². The van der Waals surface area contributed by atoms with Gasteiger partial charge in [-0.1, -0.05) is 0 Å². The van der Waals surface area contributed by atoms with E-state index in [9.17, 15) is 0 Å². The molecule has 0 bridgehead atoms. The average molecular weight is 164 g/mol. The van der Waals surface area contributed by atoms with Crippen LogP contribution < -0.4 is 0 Å². The quantitative estimate of drug-likeness (QED) is 0.376. The van der Waals surface area contributed by atoms with Gasteiger partial charge in [0.25, 0.3) is 0 Å². The maximum atomic E-state index is 9.12. The van der Waals surface area contributed by atoms with Gasteiger partial charge >= 0.3 is 23.1 Å². The second-order valence-electron chi connectivity index (χ2n) is 0.117. The molecule has 0 aromatic rings. The van der Waals surface area contributed by atoms with Crippen LogP contribution in [0.4, 0.5) is 18.1 Å². The van der Waals surface area contributed by atoms with Gasteiger partial charge < -0.3 is 2.85 Å². The van der Waals surface area contributed by atoms with Crippen LogP contribution in [0.25, 0.3) is 0 Å². The molecule has 0 fully saturated rings. The van der Waals surface area contributed by atoms with Crippen LogP contribution in [0.1, 0.15) is 2.85 Å². The summed E-state index contributed by atoms with van der Waals surface area (Å²) in [5, 5.41) is 2.50. The van der Waals surface area contributed by atoms with Crippen LogP contribution in [0.5, 0.6) is 0 Å². The Kier molecular flexibility index (Phi) is 128. The van der Waals surface area contributed by atoms with E-state index >= 15 is 0 Å². The fraction of sp³-hybridized carbons (Fsp3) is 0. The van der Waals surface area contributed by atoms with Gasteiger partial charge in [-0.05, 0) is 18.1 Å². The summed E-state index contributed by atoms with van der Waals surface area (Å²) in [4.78, 5) is 0. The SMILES string of the molecule is FOF.FOF.[AlH3].[H-].[H-].[Mg+2]. The summed E-state index contributed by atoms with van der Waals surface area (Å²) in [6, 6.07) is 0. The third-order valence-electron chi connectivity index (χ3n) is 0. The normalized spacial score (nSPS) is 4.50. The summed E-state index contributed by atoms with van der Waals surface area (Å²) >= 11 is 0. The van der Waals surface area contributed by atoms with E-state index in [0.29, 0.717) is 0 Å². The molecule has 0 amide bonds. The van der Waals surface area contributed by atoms with Crippen LogP contribution in [-0.4, -0.2) is 40.4 Å². The van der Waals surface area contributed by atoms with E-state index in [0.717, 1.165) is 0 Å². The first-order chi connectivity index (χ1) is 2.83. The van der Waals surface area contributed by atoms with Crippen molar-refractivity contribution in [1.82, 2.24) is 0 Å². The molecular formula is H5AlF4MgO2. The van der Waals surface area contributed by atoms with Gasteiger partial charge in [-0.3, -0.25) is 0 Å². The summed E-state index contributed by atoms with van der Waals surface area (Å²) in [5.41, 5.74) is 0. The summed E-state index contributed by atoms with van der Waals surface area (Å²) < 4.78 is 36.5. The molecule has 0 atom stereocenters. The van der Waals surface area contributed by atoms with Gasteiger partial charge in [-0.15, -0.1) is 0 Å². The van der Waals surface area contributed by atoms with Crippen LogP contribution >= 0.6 is 0 Å². The molecule has 0 spiro atoms. The average Bonchev–Trinajstić information content (AvgIpc) is 1.39. The molecule has 0 aromatic carbocycles. The van der Waals surface area contributed by atoms with Gasteiger partial charge in [0.05, 0.1) is 0 Å². The molecule has 0 aromatic heterocycles. The van der Waals surface area contributed by atoms with E-state index in [2.05, 4.69) is 0 Å². The Balaban J connectivity index is -0.00000000571. The fourth-order valence-electron chi connectivity index (χ4n) is 0. The van der Waals surface area contributed by atoms with Crippen LogP contribution in [0.2, 0.25) is 0 Å². The van der Waals surface area contributed by atoms with Crippen LogP contribution in [0, 0.1) is 0 Å². The van der Waals surface area contributed by atoms with Crippen LogP contribution in [0.3, 0.4) is 0 Å². The van der Waals surface area contributed by atoms with Crippen molar-refractivity contribution >= 4 is 40.4 Å². The first-order valence-corrected chi connectivity index (χ1v) is 0.617. The molecule has 0 aliphatic carbocycles. The molecule has 2 nitrogen and oxygen atoms in total. The molecule has 0 radical (unpaired) electrons. The summed E-state index contributed by atoms with van der Waals surface area (Å²) in [6.07, 6.45) is 0. The van der Waals surface area contributed by atoms with E-state index in [4.69, 9.17) is 18.1 Å². The van der Waals surface area contributed by atoms with E-state index in [-0.39, 0.29) is 43.3 Å². The van der Waals surface area contributed by atoms with Crippen molar-refractivity contribution < 1.29 is 31.2 Å². The zero-order valence-electron chi connectivity index (χ0n) is 5.04. The Morgan fingerprint density at radius 3 is 0.875 bits per heavy atom. The minimum Gasteiger partial charge on any atom is -1.00 e. The number of hydrogen-bond acceptors (Lipinski definition) is 2. The second kappa shape index (κ2) is 44.3. The zero-order chi connectivity index (χ0) is 5.41. The largest absolute Gasteiger partial charge is 2.00 e. The van der Waals surface area contributed by atoms with Gasteiger partial charge in [0.15, 0.2) is 17.4 Å². The smallest absolute Gasteiger partial charge is 1.00 e. The summed E-state index contributed by atoms with van der Waals surface area (Å²) in [5.74, 6) is 0. The molecule has 0 saturated carbocycles. The summed E-state index contributed by atoms with van der Waals surface area (Å²) in [7, 11) is 0. The minimum atomic E-state index is 0. The molecule has 0 aliphatic rings. The molecule has 8 heteroatoms. The maximum Gasteiger partial charge on any atom is 2.00 e. The Morgan fingerprint density at radius 1 is 0.875 bits per heavy atom. The van der Waals surface area contributed by atoms with Gasteiger partial charge in [0.1, 0.15) is 0 Å². The van der Waals surface area contributed by atoms with Crippen molar-refractivity contribution in [2.75, 3.05) is 0 Å². The number of hydrogen-bond donors (Lipinski definition) is 0. The van der Waals surface area contributed by atoms with Gasteiger partial charge in [0, 0.05) is 10.3 Å². The van der Waals surface area contributed by atoms with E-state index in [1.54, 1.807) is 0 Å². The molecule has 0 saturated heterocycles. The predicted molar refractivity (Wildman–Crippen MR) is 24.5 cm³/mol. The van der Waals surface area contributed by atoms with E-state index < -0.39 is 0 Å². The topological polar surface area (TPSA) is 18.5 Å². The Bertz CT molecular complexity index is 23.2. The number of rotatable bonds is 0. The maximum absolute atomic E-state index is 9.12. The Hall–Kier alpha value is 0.939. The predicted octanol–water partition coefficient (Wildman–Crippen LogP) is 0.204. The third-order valence-corrected chi connectivity index (χ3v) is 0. The van der Waals surface area contributed by atoms with E-state index in [1.807, 2.05) is 0 Å². The van der Waals surface area contributed by atoms with E-state index in [1.165, 1.54) is 10.3 Å². The molecule has 50 valence electrons. The molecule has 0 rings (SSSR count). The first-order valence-electron chi connectivity index (χ1n) is 0.617. The van der Waals surface area contributed by atoms with Gasteiger partial charge in [0.2, 0.25) is 0 Å². The van der Waals surface area contributed by atoms with Crippen LogP contribution in [-0.2, 0) is 10.3 Å². The van der Waals surface area contributed by atoms with Gasteiger partial charge in [-0.25, -0.2) is 0 Å².